The SMILES string of the molecule is CC(C=O)CC(C)(C)C.CCC(=O)O. The second kappa shape index (κ2) is 7.54. The lowest BCUT2D eigenvalue weighted by Gasteiger charge is -2.19. The Morgan fingerprint density at radius 1 is 1.43 bits per heavy atom. The van der Waals surface area contributed by atoms with Crippen LogP contribution in [0.25, 0.3) is 0 Å². The molecule has 0 radical (unpaired) electrons. The highest BCUT2D eigenvalue weighted by atomic mass is 16.4. The summed E-state index contributed by atoms with van der Waals surface area (Å²) in [5.41, 5.74) is 0.292. The van der Waals surface area contributed by atoms with E-state index in [1.807, 2.05) is 6.92 Å². The van der Waals surface area contributed by atoms with E-state index in [9.17, 15) is 9.59 Å². The molecule has 0 aliphatic carbocycles. The molecule has 0 aliphatic rings. The standard InChI is InChI=1S/C8H16O.C3H6O2/c1-7(6-9)5-8(2,3)4;1-2-3(4)5/h6-7H,5H2,1-4H3;2H2,1H3,(H,4,5). The minimum atomic E-state index is -0.745. The highest BCUT2D eigenvalue weighted by molar-refractivity contribution is 5.66. The van der Waals surface area contributed by atoms with Crippen LogP contribution in [0.4, 0.5) is 0 Å². The number of aliphatic carboxylic acids is 1. The van der Waals surface area contributed by atoms with Crippen molar-refractivity contribution in [3.8, 4) is 0 Å². The summed E-state index contributed by atoms with van der Waals surface area (Å²) < 4.78 is 0. The minimum absolute atomic E-state index is 0.213. The van der Waals surface area contributed by atoms with Gasteiger partial charge in [0.15, 0.2) is 0 Å². The lowest BCUT2D eigenvalue weighted by molar-refractivity contribution is -0.136. The first-order chi connectivity index (χ1) is 6.22. The molecule has 0 aromatic rings. The number of carbonyl (C=O) groups is 2. The number of rotatable bonds is 3. The monoisotopic (exact) mass is 202 g/mol. The van der Waals surface area contributed by atoms with E-state index in [2.05, 4.69) is 20.8 Å². The summed E-state index contributed by atoms with van der Waals surface area (Å²) in [7, 11) is 0. The second-order valence-electron chi connectivity index (χ2n) is 4.63. The van der Waals surface area contributed by atoms with Crippen LogP contribution in [-0.2, 0) is 9.59 Å². The molecule has 1 N–H and O–H groups in total. The van der Waals surface area contributed by atoms with Gasteiger partial charge in [-0.05, 0) is 11.8 Å². The largest absolute Gasteiger partial charge is 0.481 e. The summed E-state index contributed by atoms with van der Waals surface area (Å²) in [5.74, 6) is -0.532. The van der Waals surface area contributed by atoms with Crippen molar-refractivity contribution in [3.05, 3.63) is 0 Å². The van der Waals surface area contributed by atoms with Crippen molar-refractivity contribution >= 4 is 12.3 Å². The Labute approximate surface area is 86.5 Å². The third-order valence-electron chi connectivity index (χ3n) is 1.47. The van der Waals surface area contributed by atoms with Crippen LogP contribution in [0.2, 0.25) is 0 Å². The van der Waals surface area contributed by atoms with Crippen LogP contribution >= 0.6 is 0 Å². The number of aldehydes is 1. The summed E-state index contributed by atoms with van der Waals surface area (Å²) in [6.45, 7) is 9.99. The number of hydrogen-bond donors (Lipinski definition) is 1. The maximum absolute atomic E-state index is 10.2. The average molecular weight is 202 g/mol. The van der Waals surface area contributed by atoms with Gasteiger partial charge in [-0.15, -0.1) is 0 Å². The first-order valence-corrected chi connectivity index (χ1v) is 4.90. The van der Waals surface area contributed by atoms with Gasteiger partial charge in [-0.2, -0.15) is 0 Å². The number of carbonyl (C=O) groups excluding carboxylic acids is 1. The first kappa shape index (κ1) is 15.6. The quantitative estimate of drug-likeness (QED) is 0.716. The molecule has 0 saturated heterocycles. The van der Waals surface area contributed by atoms with Crippen LogP contribution in [0.1, 0.15) is 47.5 Å². The van der Waals surface area contributed by atoms with Crippen LogP contribution < -0.4 is 0 Å². The van der Waals surface area contributed by atoms with Crippen molar-refractivity contribution < 1.29 is 14.7 Å². The Kier molecular flexibility index (Phi) is 8.40. The van der Waals surface area contributed by atoms with Gasteiger partial charge in [-0.3, -0.25) is 4.79 Å². The van der Waals surface area contributed by atoms with Gasteiger partial charge in [0, 0.05) is 12.3 Å². The molecule has 84 valence electrons. The summed E-state index contributed by atoms with van der Waals surface area (Å²) in [6.07, 6.45) is 2.22. The molecule has 1 atom stereocenters. The van der Waals surface area contributed by atoms with Crippen LogP contribution in [0.3, 0.4) is 0 Å². The normalized spacial score (nSPS) is 12.4. The van der Waals surface area contributed by atoms with E-state index in [-0.39, 0.29) is 12.3 Å². The number of hydrogen-bond acceptors (Lipinski definition) is 2. The fraction of sp³-hybridized carbons (Fsp3) is 0.818. The molecular formula is C11H22O3. The van der Waals surface area contributed by atoms with Gasteiger partial charge in [0.25, 0.3) is 0 Å². The third-order valence-corrected chi connectivity index (χ3v) is 1.47. The van der Waals surface area contributed by atoms with E-state index in [0.29, 0.717) is 5.41 Å². The molecule has 0 spiro atoms. The molecule has 0 bridgehead atoms. The molecule has 0 fully saturated rings. The fourth-order valence-electron chi connectivity index (χ4n) is 1.01. The van der Waals surface area contributed by atoms with Gasteiger partial charge < -0.3 is 9.90 Å². The first-order valence-electron chi connectivity index (χ1n) is 4.90. The Bertz CT molecular complexity index is 168. The van der Waals surface area contributed by atoms with E-state index >= 15 is 0 Å². The molecule has 1 unspecified atom stereocenters. The molecule has 0 saturated carbocycles. The summed E-state index contributed by atoms with van der Waals surface area (Å²) in [6, 6.07) is 0. The molecule has 0 aromatic heterocycles. The summed E-state index contributed by atoms with van der Waals surface area (Å²) in [5, 5.41) is 7.72. The molecule has 0 aromatic carbocycles. The van der Waals surface area contributed by atoms with Crippen molar-refractivity contribution in [2.24, 2.45) is 11.3 Å². The molecule has 0 aliphatic heterocycles. The zero-order chi connectivity index (χ0) is 11.8. The van der Waals surface area contributed by atoms with Crippen molar-refractivity contribution in [2.75, 3.05) is 0 Å². The average Bonchev–Trinajstić information content (AvgIpc) is 2.02. The van der Waals surface area contributed by atoms with Crippen LogP contribution in [-0.4, -0.2) is 17.4 Å². The van der Waals surface area contributed by atoms with E-state index in [1.54, 1.807) is 6.92 Å². The minimum Gasteiger partial charge on any atom is -0.481 e. The maximum atomic E-state index is 10.2. The smallest absolute Gasteiger partial charge is 0.303 e. The van der Waals surface area contributed by atoms with Gasteiger partial charge in [-0.25, -0.2) is 0 Å². The van der Waals surface area contributed by atoms with Gasteiger partial charge in [0.1, 0.15) is 6.29 Å². The lowest BCUT2D eigenvalue weighted by Crippen LogP contribution is -2.11. The molecule has 14 heavy (non-hydrogen) atoms. The highest BCUT2D eigenvalue weighted by Crippen LogP contribution is 2.22. The topological polar surface area (TPSA) is 54.4 Å². The van der Waals surface area contributed by atoms with Gasteiger partial charge in [-0.1, -0.05) is 34.6 Å². The Balaban J connectivity index is 0. The molecule has 0 heterocycles. The highest BCUT2D eigenvalue weighted by Gasteiger charge is 2.13. The lowest BCUT2D eigenvalue weighted by atomic mass is 9.86. The molecule has 0 amide bonds. The maximum Gasteiger partial charge on any atom is 0.303 e. The zero-order valence-electron chi connectivity index (χ0n) is 9.83. The Hall–Kier alpha value is -0.860. The van der Waals surface area contributed by atoms with Crippen LogP contribution in [0.5, 0.6) is 0 Å². The second-order valence-corrected chi connectivity index (χ2v) is 4.63. The summed E-state index contributed by atoms with van der Waals surface area (Å²) in [4.78, 5) is 19.6. The molecular weight excluding hydrogens is 180 g/mol. The molecule has 0 rings (SSSR count). The fourth-order valence-corrected chi connectivity index (χ4v) is 1.01. The van der Waals surface area contributed by atoms with Crippen LogP contribution in [0.15, 0.2) is 0 Å². The van der Waals surface area contributed by atoms with E-state index in [1.165, 1.54) is 0 Å². The van der Waals surface area contributed by atoms with Crippen molar-refractivity contribution in [2.45, 2.75) is 47.5 Å². The zero-order valence-corrected chi connectivity index (χ0v) is 9.83. The van der Waals surface area contributed by atoms with Crippen LogP contribution in [0, 0.1) is 11.3 Å². The predicted molar refractivity (Wildman–Crippen MR) is 57.2 cm³/mol. The van der Waals surface area contributed by atoms with E-state index in [0.717, 1.165) is 12.7 Å². The number of carboxylic acid groups (broad SMARTS) is 1. The Morgan fingerprint density at radius 3 is 1.86 bits per heavy atom. The third kappa shape index (κ3) is 17.3. The van der Waals surface area contributed by atoms with Crippen molar-refractivity contribution in [1.82, 2.24) is 0 Å². The molecule has 3 heteroatoms. The van der Waals surface area contributed by atoms with Crippen molar-refractivity contribution in [1.29, 1.82) is 0 Å². The Morgan fingerprint density at radius 2 is 1.79 bits per heavy atom. The predicted octanol–water partition coefficient (Wildman–Crippen LogP) is 2.74. The van der Waals surface area contributed by atoms with Gasteiger partial charge in [0.05, 0.1) is 0 Å². The summed E-state index contributed by atoms with van der Waals surface area (Å²) >= 11 is 0. The number of carboxylic acids is 1. The van der Waals surface area contributed by atoms with Gasteiger partial charge >= 0.3 is 5.97 Å². The van der Waals surface area contributed by atoms with Gasteiger partial charge in [0.2, 0.25) is 0 Å². The van der Waals surface area contributed by atoms with E-state index < -0.39 is 5.97 Å². The molecule has 3 nitrogen and oxygen atoms in total. The van der Waals surface area contributed by atoms with E-state index in [4.69, 9.17) is 5.11 Å². The van der Waals surface area contributed by atoms with Crippen molar-refractivity contribution in [3.63, 3.8) is 0 Å².